The first kappa shape index (κ1) is 48.5. The molecule has 1 saturated carbocycles. The topological polar surface area (TPSA) is 268 Å². The number of hydrogen-bond acceptors (Lipinski definition) is 11. The molecule has 6 N–H and O–H groups in total. The summed E-state index contributed by atoms with van der Waals surface area (Å²) in [6.45, 7) is 9.23. The minimum atomic E-state index is -1.44. The second-order valence-electron chi connectivity index (χ2n) is 15.6. The monoisotopic (exact) mass is 814 g/mol. The highest BCUT2D eigenvalue weighted by atomic mass is 16.5. The number of ether oxygens (including phenoxy) is 1. The van der Waals surface area contributed by atoms with Crippen LogP contribution in [0.4, 0.5) is 0 Å². The zero-order chi connectivity index (χ0) is 43.7. The number of aldehydes is 1. The molecule has 0 aliphatic heterocycles. The van der Waals surface area contributed by atoms with Crippen molar-refractivity contribution in [1.29, 1.82) is 0 Å². The van der Waals surface area contributed by atoms with Gasteiger partial charge in [-0.2, -0.15) is 0 Å². The Labute approximate surface area is 338 Å². The fourth-order valence-corrected chi connectivity index (χ4v) is 6.71. The van der Waals surface area contributed by atoms with E-state index in [0.717, 1.165) is 42.5 Å². The first-order chi connectivity index (χ1) is 27.3. The van der Waals surface area contributed by atoms with Crippen LogP contribution in [0.5, 0.6) is 0 Å². The second-order valence-corrected chi connectivity index (χ2v) is 15.6. The number of aliphatic carboxylic acids is 1. The van der Waals surface area contributed by atoms with E-state index >= 15 is 0 Å². The number of esters is 1. The van der Waals surface area contributed by atoms with Crippen molar-refractivity contribution in [2.45, 2.75) is 123 Å². The van der Waals surface area contributed by atoms with Gasteiger partial charge in [0.05, 0.1) is 24.8 Å². The van der Waals surface area contributed by atoms with Crippen LogP contribution >= 0.6 is 0 Å². The Morgan fingerprint density at radius 3 is 2.12 bits per heavy atom. The molecule has 0 aromatic carbocycles. The number of allylic oxidation sites excluding steroid dienone is 1. The van der Waals surface area contributed by atoms with E-state index in [9.17, 15) is 53.4 Å². The van der Waals surface area contributed by atoms with Gasteiger partial charge in [0.1, 0.15) is 36.5 Å². The number of amides is 5. The predicted molar refractivity (Wildman–Crippen MR) is 209 cm³/mol. The van der Waals surface area contributed by atoms with Crippen LogP contribution in [-0.4, -0.2) is 118 Å². The van der Waals surface area contributed by atoms with Crippen LogP contribution < -0.4 is 21.3 Å². The minimum absolute atomic E-state index is 0.0223. The average Bonchev–Trinajstić information content (AvgIpc) is 3.17. The number of hydrogen-bond donors (Lipinski definition) is 6. The number of pyridine rings is 1. The van der Waals surface area contributed by atoms with Crippen molar-refractivity contribution in [3.8, 4) is 0 Å². The highest BCUT2D eigenvalue weighted by Crippen LogP contribution is 2.27. The Bertz CT molecular complexity index is 1680. The van der Waals surface area contributed by atoms with Gasteiger partial charge in [0.25, 0.3) is 5.91 Å². The highest BCUT2D eigenvalue weighted by molar-refractivity contribution is 6.06. The Morgan fingerprint density at radius 1 is 0.931 bits per heavy atom. The van der Waals surface area contributed by atoms with Crippen LogP contribution in [-0.2, 0) is 38.3 Å². The van der Waals surface area contributed by atoms with Crippen LogP contribution in [0.3, 0.4) is 0 Å². The van der Waals surface area contributed by atoms with Gasteiger partial charge in [-0.25, -0.2) is 14.4 Å². The van der Waals surface area contributed by atoms with Crippen molar-refractivity contribution in [2.24, 2.45) is 17.3 Å². The molecule has 320 valence electrons. The molecule has 0 spiro atoms. The molecule has 0 bridgehead atoms. The molecule has 1 aromatic rings. The number of methoxy groups -OCH3 is 1. The molecule has 1 heterocycles. The summed E-state index contributed by atoms with van der Waals surface area (Å²) in [4.78, 5) is 122. The van der Waals surface area contributed by atoms with Gasteiger partial charge in [-0.05, 0) is 55.4 Å². The van der Waals surface area contributed by atoms with Crippen LogP contribution in [0, 0.1) is 17.3 Å². The molecule has 0 radical (unpaired) electrons. The first-order valence-corrected chi connectivity index (χ1v) is 19.4. The zero-order valence-electron chi connectivity index (χ0n) is 34.2. The van der Waals surface area contributed by atoms with E-state index in [1.54, 1.807) is 41.5 Å². The van der Waals surface area contributed by atoms with Crippen LogP contribution in [0.1, 0.15) is 114 Å². The lowest BCUT2D eigenvalue weighted by Crippen LogP contribution is -2.63. The number of carboxylic acids is 2. The summed E-state index contributed by atoms with van der Waals surface area (Å²) in [5.41, 5.74) is -1.78. The lowest BCUT2D eigenvalue weighted by Gasteiger charge is -2.38. The van der Waals surface area contributed by atoms with Crippen LogP contribution in [0.15, 0.2) is 30.6 Å². The molecule has 0 unspecified atom stereocenters. The molecule has 1 aliphatic rings. The summed E-state index contributed by atoms with van der Waals surface area (Å²) < 4.78 is 4.58. The van der Waals surface area contributed by atoms with Gasteiger partial charge in [-0.1, -0.05) is 66.9 Å². The number of rotatable bonds is 21. The van der Waals surface area contributed by atoms with Gasteiger partial charge in [0, 0.05) is 18.5 Å². The van der Waals surface area contributed by atoms with E-state index in [1.165, 1.54) is 19.4 Å². The van der Waals surface area contributed by atoms with Gasteiger partial charge < -0.3 is 45.9 Å². The minimum Gasteiger partial charge on any atom is -0.480 e. The van der Waals surface area contributed by atoms with Gasteiger partial charge >= 0.3 is 17.9 Å². The molecule has 5 atom stereocenters. The molecule has 18 heteroatoms. The number of nitrogens with zero attached hydrogens (tertiary/aromatic N) is 2. The van der Waals surface area contributed by atoms with Gasteiger partial charge in [-0.15, -0.1) is 0 Å². The Morgan fingerprint density at radius 2 is 1.59 bits per heavy atom. The Hall–Kier alpha value is -5.68. The third-order valence-corrected chi connectivity index (χ3v) is 9.95. The number of carboxylic acid groups (broad SMARTS) is 2. The number of nitrogens with one attached hydrogen (secondary N) is 4. The normalized spacial score (nSPS) is 15.9. The molecule has 1 aromatic heterocycles. The van der Waals surface area contributed by atoms with E-state index in [1.807, 2.05) is 0 Å². The third kappa shape index (κ3) is 14.1. The second kappa shape index (κ2) is 22.9. The largest absolute Gasteiger partial charge is 0.480 e. The van der Waals surface area contributed by atoms with Crippen molar-refractivity contribution in [3.63, 3.8) is 0 Å². The molecule has 2 rings (SSSR count). The fourth-order valence-electron chi connectivity index (χ4n) is 6.71. The summed E-state index contributed by atoms with van der Waals surface area (Å²) in [6, 6.07) is -5.30. The van der Waals surface area contributed by atoms with Gasteiger partial charge in [0.2, 0.25) is 23.6 Å². The third-order valence-electron chi connectivity index (χ3n) is 9.95. The molecule has 58 heavy (non-hydrogen) atoms. The number of carbonyl (C=O) groups excluding carboxylic acids is 7. The first-order valence-electron chi connectivity index (χ1n) is 19.4. The van der Waals surface area contributed by atoms with Gasteiger partial charge in [0.15, 0.2) is 0 Å². The quantitative estimate of drug-likeness (QED) is 0.0590. The number of aromatic nitrogens is 1. The molecular formula is C40H58N6O12. The lowest BCUT2D eigenvalue weighted by atomic mass is 9.83. The molecular weight excluding hydrogens is 756 g/mol. The van der Waals surface area contributed by atoms with E-state index in [2.05, 4.69) is 31.0 Å². The van der Waals surface area contributed by atoms with Crippen molar-refractivity contribution in [3.05, 3.63) is 41.7 Å². The maximum Gasteiger partial charge on any atom is 0.338 e. The highest BCUT2D eigenvalue weighted by Gasteiger charge is 2.42. The van der Waals surface area contributed by atoms with Gasteiger partial charge in [-0.3, -0.25) is 29.0 Å². The van der Waals surface area contributed by atoms with E-state index < -0.39 is 101 Å². The molecule has 5 amide bonds. The summed E-state index contributed by atoms with van der Waals surface area (Å²) >= 11 is 0. The zero-order valence-corrected chi connectivity index (χ0v) is 34.2. The van der Waals surface area contributed by atoms with Crippen molar-refractivity contribution in [1.82, 2.24) is 31.2 Å². The SMILES string of the molecule is CC[C@@H](C(=O)N[C@H](C(=O)N[C@H](C(=O)O)C1CCCCC1)C(C)C)N(CC=O)C(=O)[C@@H](NC(=O)[C@H](CC/C=C/C(=O)OC)NC(=O)c1ccncc1C(=O)O)C(C)(C)C. The fraction of sp³-hybridized carbons (Fsp3) is 0.600. The summed E-state index contributed by atoms with van der Waals surface area (Å²) in [6.07, 6.45) is 8.94. The van der Waals surface area contributed by atoms with Crippen LogP contribution in [0.25, 0.3) is 0 Å². The Balaban J connectivity index is 2.42. The lowest BCUT2D eigenvalue weighted by molar-refractivity contribution is -0.148. The Kier molecular flexibility index (Phi) is 19.1. The number of carbonyl (C=O) groups is 9. The van der Waals surface area contributed by atoms with E-state index in [0.29, 0.717) is 19.1 Å². The smallest absolute Gasteiger partial charge is 0.338 e. The van der Waals surface area contributed by atoms with E-state index in [4.69, 9.17) is 0 Å². The summed E-state index contributed by atoms with van der Waals surface area (Å²) in [5.74, 6) is -8.19. The van der Waals surface area contributed by atoms with Crippen molar-refractivity contribution >= 4 is 53.7 Å². The molecule has 1 fully saturated rings. The standard InChI is InChI=1S/C40H58N6O12/c1-8-28(35(51)43-30(23(2)3)36(52)44-31(39(56)57)24-14-10-9-11-15-24)46(20-21-47)37(53)32(40(4,5)6)45-34(50)27(16-12-13-17-29(48)58-7)42-33(49)25-18-19-41-22-26(25)38(54)55/h13,17-19,21-24,27-28,30-32H,8-12,14-16,20H2,1-7H3,(H,42,49)(H,43,51)(H,44,52)(H,45,50)(H,54,55)(H,56,57)/b17-13+/t27-,28-,30-,31-,32+/m0/s1. The molecule has 18 nitrogen and oxygen atoms in total. The van der Waals surface area contributed by atoms with Crippen LogP contribution in [0.2, 0.25) is 0 Å². The van der Waals surface area contributed by atoms with E-state index in [-0.39, 0.29) is 30.7 Å². The van der Waals surface area contributed by atoms with Crippen molar-refractivity contribution < 1.29 is 58.1 Å². The maximum atomic E-state index is 14.4. The maximum absolute atomic E-state index is 14.4. The molecule has 0 saturated heterocycles. The summed E-state index contributed by atoms with van der Waals surface area (Å²) in [5, 5.41) is 30.0. The van der Waals surface area contributed by atoms with Crippen molar-refractivity contribution in [2.75, 3.05) is 13.7 Å². The molecule has 1 aliphatic carbocycles. The predicted octanol–water partition coefficient (Wildman–Crippen LogP) is 2.02. The number of aromatic carboxylic acids is 1. The average molecular weight is 815 g/mol. The summed E-state index contributed by atoms with van der Waals surface area (Å²) in [7, 11) is 1.18.